The highest BCUT2D eigenvalue weighted by molar-refractivity contribution is 7.80. The Morgan fingerprint density at radius 3 is 2.31 bits per heavy atom. The molecule has 1 rings (SSSR count). The van der Waals surface area contributed by atoms with E-state index in [9.17, 15) is 0 Å². The molecule has 0 spiro atoms. The van der Waals surface area contributed by atoms with E-state index in [0.29, 0.717) is 25.9 Å². The fraction of sp³-hybridized carbons (Fsp3) is 0.222. The van der Waals surface area contributed by atoms with E-state index in [2.05, 4.69) is 16.2 Å². The molecular formula is C9H10Cl3N3S. The van der Waals surface area contributed by atoms with Crippen LogP contribution in [0.3, 0.4) is 0 Å². The molecule has 1 aromatic rings. The first-order valence-corrected chi connectivity index (χ1v) is 6.03. The van der Waals surface area contributed by atoms with Crippen LogP contribution < -0.4 is 16.2 Å². The van der Waals surface area contributed by atoms with Gasteiger partial charge in [0.15, 0.2) is 5.11 Å². The summed E-state index contributed by atoms with van der Waals surface area (Å²) in [5.41, 5.74) is 6.11. The number of nitrogens with one attached hydrogen (secondary N) is 3. The van der Waals surface area contributed by atoms with Gasteiger partial charge in [0.1, 0.15) is 0 Å². The largest absolute Gasteiger partial charge is 0.362 e. The van der Waals surface area contributed by atoms with Gasteiger partial charge in [0.25, 0.3) is 0 Å². The first kappa shape index (κ1) is 13.6. The van der Waals surface area contributed by atoms with Crippen LogP contribution in [-0.4, -0.2) is 11.7 Å². The molecule has 0 aromatic heterocycles. The maximum Gasteiger partial charge on any atom is 0.185 e. The first-order chi connectivity index (χ1) is 7.54. The number of rotatable bonds is 3. The Labute approximate surface area is 114 Å². The monoisotopic (exact) mass is 297 g/mol. The Hall–Kier alpha value is -0.420. The van der Waals surface area contributed by atoms with Crippen molar-refractivity contribution in [3.63, 3.8) is 0 Å². The molecule has 0 heterocycles. The van der Waals surface area contributed by atoms with Gasteiger partial charge in [-0.05, 0) is 31.3 Å². The van der Waals surface area contributed by atoms with Gasteiger partial charge < -0.3 is 5.32 Å². The zero-order valence-electron chi connectivity index (χ0n) is 8.40. The van der Waals surface area contributed by atoms with Gasteiger partial charge in [-0.2, -0.15) is 0 Å². The van der Waals surface area contributed by atoms with Crippen molar-refractivity contribution in [3.8, 4) is 0 Å². The molecule has 0 aliphatic heterocycles. The van der Waals surface area contributed by atoms with Crippen LogP contribution in [0.2, 0.25) is 15.1 Å². The second kappa shape index (κ2) is 6.35. The summed E-state index contributed by atoms with van der Waals surface area (Å²) in [5, 5.41) is 4.70. The van der Waals surface area contributed by atoms with E-state index in [1.54, 1.807) is 12.1 Å². The minimum atomic E-state index is 0.421. The summed E-state index contributed by atoms with van der Waals surface area (Å²) in [4.78, 5) is 0. The number of hydrazine groups is 1. The van der Waals surface area contributed by atoms with Crippen LogP contribution in [0.5, 0.6) is 0 Å². The Bertz CT molecular complexity index is 375. The third kappa shape index (κ3) is 3.87. The average molecular weight is 299 g/mol. The van der Waals surface area contributed by atoms with Crippen molar-refractivity contribution in [2.45, 2.75) is 6.92 Å². The summed E-state index contributed by atoms with van der Waals surface area (Å²) in [6.07, 6.45) is 0. The van der Waals surface area contributed by atoms with Crippen LogP contribution in [0.15, 0.2) is 12.1 Å². The van der Waals surface area contributed by atoms with Crippen LogP contribution in [0.25, 0.3) is 0 Å². The van der Waals surface area contributed by atoms with Crippen molar-refractivity contribution in [2.24, 2.45) is 0 Å². The van der Waals surface area contributed by atoms with Crippen molar-refractivity contribution < 1.29 is 0 Å². The van der Waals surface area contributed by atoms with Gasteiger partial charge in [0.05, 0.1) is 15.7 Å². The smallest absolute Gasteiger partial charge is 0.185 e. The van der Waals surface area contributed by atoms with Crippen LogP contribution in [-0.2, 0) is 0 Å². The third-order valence-corrected chi connectivity index (χ3v) is 2.71. The lowest BCUT2D eigenvalue weighted by Crippen LogP contribution is -2.38. The molecule has 0 aliphatic rings. The van der Waals surface area contributed by atoms with Crippen LogP contribution >= 0.6 is 47.0 Å². The molecule has 0 saturated heterocycles. The van der Waals surface area contributed by atoms with Gasteiger partial charge in [-0.1, -0.05) is 34.8 Å². The van der Waals surface area contributed by atoms with E-state index in [0.717, 1.165) is 6.54 Å². The van der Waals surface area contributed by atoms with Crippen LogP contribution in [0.4, 0.5) is 5.69 Å². The SMILES string of the molecule is CCNC(=S)NNc1c(Cl)cc(Cl)cc1Cl. The van der Waals surface area contributed by atoms with Crippen molar-refractivity contribution in [1.82, 2.24) is 10.7 Å². The van der Waals surface area contributed by atoms with Crippen molar-refractivity contribution in [2.75, 3.05) is 12.0 Å². The summed E-state index contributed by atoms with van der Waals surface area (Å²) in [7, 11) is 0. The molecule has 16 heavy (non-hydrogen) atoms. The molecule has 0 aliphatic carbocycles. The Morgan fingerprint density at radius 1 is 1.25 bits per heavy atom. The number of hydrogen-bond acceptors (Lipinski definition) is 2. The lowest BCUT2D eigenvalue weighted by Gasteiger charge is -2.13. The summed E-state index contributed by atoms with van der Waals surface area (Å²) >= 11 is 22.7. The molecule has 0 bridgehead atoms. The molecule has 0 atom stereocenters. The molecule has 88 valence electrons. The second-order valence-corrected chi connectivity index (χ2v) is 4.51. The van der Waals surface area contributed by atoms with E-state index in [1.807, 2.05) is 6.92 Å². The molecular weight excluding hydrogens is 289 g/mol. The van der Waals surface area contributed by atoms with Crippen molar-refractivity contribution in [3.05, 3.63) is 27.2 Å². The fourth-order valence-electron chi connectivity index (χ4n) is 0.986. The van der Waals surface area contributed by atoms with E-state index < -0.39 is 0 Å². The van der Waals surface area contributed by atoms with E-state index in [1.165, 1.54) is 0 Å². The minimum absolute atomic E-state index is 0.421. The highest BCUT2D eigenvalue weighted by atomic mass is 35.5. The second-order valence-electron chi connectivity index (χ2n) is 2.85. The van der Waals surface area contributed by atoms with Gasteiger partial charge in [-0.3, -0.25) is 10.9 Å². The number of halogens is 3. The predicted molar refractivity (Wildman–Crippen MR) is 74.5 cm³/mol. The zero-order valence-corrected chi connectivity index (χ0v) is 11.5. The quantitative estimate of drug-likeness (QED) is 0.590. The van der Waals surface area contributed by atoms with Crippen molar-refractivity contribution in [1.29, 1.82) is 0 Å². The van der Waals surface area contributed by atoms with Crippen LogP contribution in [0, 0.1) is 0 Å². The highest BCUT2D eigenvalue weighted by Crippen LogP contribution is 2.32. The topological polar surface area (TPSA) is 36.1 Å². The standard InChI is InChI=1S/C9H10Cl3N3S/c1-2-13-9(16)15-14-8-6(11)3-5(10)4-7(8)12/h3-4,14H,2H2,1H3,(H2,13,15,16). The van der Waals surface area contributed by atoms with Gasteiger partial charge >= 0.3 is 0 Å². The summed E-state index contributed by atoms with van der Waals surface area (Å²) in [5.74, 6) is 0. The van der Waals surface area contributed by atoms with Gasteiger partial charge in [-0.15, -0.1) is 0 Å². The Morgan fingerprint density at radius 2 is 1.81 bits per heavy atom. The molecule has 0 unspecified atom stereocenters. The van der Waals surface area contributed by atoms with E-state index >= 15 is 0 Å². The Balaban J connectivity index is 2.70. The summed E-state index contributed by atoms with van der Waals surface area (Å²) in [6.45, 7) is 2.67. The van der Waals surface area contributed by atoms with E-state index in [4.69, 9.17) is 47.0 Å². The molecule has 1 aromatic carbocycles. The van der Waals surface area contributed by atoms with Gasteiger partial charge in [0.2, 0.25) is 0 Å². The van der Waals surface area contributed by atoms with E-state index in [-0.39, 0.29) is 0 Å². The number of benzene rings is 1. The van der Waals surface area contributed by atoms with Crippen LogP contribution in [0.1, 0.15) is 6.92 Å². The number of anilines is 1. The summed E-state index contributed by atoms with van der Waals surface area (Å²) in [6, 6.07) is 3.19. The fourth-order valence-corrected chi connectivity index (χ4v) is 2.09. The Kier molecular flexibility index (Phi) is 5.41. The highest BCUT2D eigenvalue weighted by Gasteiger charge is 2.07. The zero-order chi connectivity index (χ0) is 12.1. The number of thiocarbonyl (C=S) groups is 1. The van der Waals surface area contributed by atoms with Crippen molar-refractivity contribution >= 4 is 57.8 Å². The number of hydrogen-bond donors (Lipinski definition) is 3. The molecule has 0 radical (unpaired) electrons. The molecule has 0 saturated carbocycles. The minimum Gasteiger partial charge on any atom is -0.362 e. The predicted octanol–water partition coefficient (Wildman–Crippen LogP) is 3.46. The van der Waals surface area contributed by atoms with Gasteiger partial charge in [0, 0.05) is 11.6 Å². The average Bonchev–Trinajstić information content (AvgIpc) is 2.16. The molecule has 3 N–H and O–H groups in total. The van der Waals surface area contributed by atoms with Gasteiger partial charge in [-0.25, -0.2) is 0 Å². The maximum atomic E-state index is 5.96. The summed E-state index contributed by atoms with van der Waals surface area (Å²) < 4.78 is 0. The first-order valence-electron chi connectivity index (χ1n) is 4.49. The maximum absolute atomic E-state index is 5.96. The molecule has 0 fully saturated rings. The molecule has 7 heteroatoms. The third-order valence-electron chi connectivity index (χ3n) is 1.65. The molecule has 0 amide bonds. The molecule has 3 nitrogen and oxygen atoms in total. The normalized spacial score (nSPS) is 9.75. The lowest BCUT2D eigenvalue weighted by molar-refractivity contribution is 0.928. The lowest BCUT2D eigenvalue weighted by atomic mass is 10.3.